The highest BCUT2D eigenvalue weighted by molar-refractivity contribution is 6.33. The Bertz CT molecular complexity index is 818. The predicted molar refractivity (Wildman–Crippen MR) is 107 cm³/mol. The summed E-state index contributed by atoms with van der Waals surface area (Å²) < 4.78 is 5.44. The van der Waals surface area contributed by atoms with Crippen molar-refractivity contribution >= 4 is 17.5 Å². The minimum atomic E-state index is 0.0584. The lowest BCUT2D eigenvalue weighted by Gasteiger charge is -2.37. The van der Waals surface area contributed by atoms with Crippen molar-refractivity contribution < 1.29 is 9.32 Å². The van der Waals surface area contributed by atoms with Crippen molar-refractivity contribution in [2.45, 2.75) is 19.4 Å². The van der Waals surface area contributed by atoms with E-state index in [9.17, 15) is 4.79 Å². The molecule has 1 amide bonds. The van der Waals surface area contributed by atoms with Crippen LogP contribution >= 0.6 is 11.6 Å². The smallest absolute Gasteiger partial charge is 0.241 e. The summed E-state index contributed by atoms with van der Waals surface area (Å²) in [5, 5.41) is 4.67. The summed E-state index contributed by atoms with van der Waals surface area (Å²) >= 11 is 6.22. The first-order chi connectivity index (χ1) is 13.6. The Hall–Kier alpha value is -1.96. The number of likely N-dealkylation sites (tertiary alicyclic amines) is 1. The number of piperidine rings is 1. The molecule has 0 spiro atoms. The predicted octanol–water partition coefficient (Wildman–Crippen LogP) is 2.38. The van der Waals surface area contributed by atoms with Gasteiger partial charge in [-0.25, -0.2) is 0 Å². The first-order valence-electron chi connectivity index (χ1n) is 9.87. The van der Waals surface area contributed by atoms with Crippen molar-refractivity contribution in [1.82, 2.24) is 24.8 Å². The van der Waals surface area contributed by atoms with Crippen molar-refractivity contribution in [2.75, 3.05) is 46.3 Å². The normalized spacial score (nSPS) is 21.8. The molecule has 7 nitrogen and oxygen atoms in total. The summed E-state index contributed by atoms with van der Waals surface area (Å²) in [6.45, 7) is 5.81. The van der Waals surface area contributed by atoms with Gasteiger partial charge in [0.2, 0.25) is 17.6 Å². The second-order valence-electron chi connectivity index (χ2n) is 7.69. The van der Waals surface area contributed by atoms with E-state index in [0.29, 0.717) is 29.2 Å². The molecule has 4 rings (SSSR count). The number of rotatable bonds is 4. The minimum absolute atomic E-state index is 0.0584. The van der Waals surface area contributed by atoms with Gasteiger partial charge in [-0.2, -0.15) is 4.98 Å². The van der Waals surface area contributed by atoms with Gasteiger partial charge in [0.05, 0.1) is 17.5 Å². The molecule has 8 heteroatoms. The third kappa shape index (κ3) is 4.37. The summed E-state index contributed by atoms with van der Waals surface area (Å²) in [6, 6.07) is 7.46. The van der Waals surface area contributed by atoms with Crippen molar-refractivity contribution in [1.29, 1.82) is 0 Å². The number of amides is 1. The molecule has 0 aliphatic carbocycles. The summed E-state index contributed by atoms with van der Waals surface area (Å²) in [5.41, 5.74) is 0.765. The molecule has 0 N–H and O–H groups in total. The Morgan fingerprint density at radius 1 is 1.21 bits per heavy atom. The highest BCUT2D eigenvalue weighted by Crippen LogP contribution is 2.26. The van der Waals surface area contributed by atoms with Crippen molar-refractivity contribution in [3.63, 3.8) is 0 Å². The molecule has 2 fully saturated rings. The van der Waals surface area contributed by atoms with Crippen molar-refractivity contribution in [3.8, 4) is 11.4 Å². The largest absolute Gasteiger partial charge is 0.340 e. The average molecular weight is 404 g/mol. The Labute approximate surface area is 170 Å². The summed E-state index contributed by atoms with van der Waals surface area (Å²) in [5.74, 6) is 1.41. The molecule has 0 radical (unpaired) electrons. The lowest BCUT2D eigenvalue weighted by Crippen LogP contribution is -2.51. The molecular weight excluding hydrogens is 378 g/mol. The van der Waals surface area contributed by atoms with Gasteiger partial charge in [-0.3, -0.25) is 9.69 Å². The number of nitrogens with zero attached hydrogens (tertiary/aromatic N) is 5. The van der Waals surface area contributed by atoms with Crippen LogP contribution in [0.15, 0.2) is 28.8 Å². The molecule has 28 heavy (non-hydrogen) atoms. The van der Waals surface area contributed by atoms with Gasteiger partial charge in [0, 0.05) is 38.3 Å². The van der Waals surface area contributed by atoms with Crippen LogP contribution in [0.2, 0.25) is 5.02 Å². The highest BCUT2D eigenvalue weighted by Gasteiger charge is 2.31. The van der Waals surface area contributed by atoms with Crippen LogP contribution in [0.1, 0.15) is 18.7 Å². The van der Waals surface area contributed by atoms with E-state index in [1.165, 1.54) is 0 Å². The number of likely N-dealkylation sites (N-methyl/N-ethyl adjacent to an activating group) is 1. The molecule has 1 unspecified atom stereocenters. The zero-order chi connectivity index (χ0) is 19.5. The summed E-state index contributed by atoms with van der Waals surface area (Å²) in [7, 11) is 2.10. The van der Waals surface area contributed by atoms with Gasteiger partial charge in [-0.1, -0.05) is 28.9 Å². The molecule has 0 saturated carbocycles. The zero-order valence-electron chi connectivity index (χ0n) is 16.2. The number of piperazine rings is 1. The van der Waals surface area contributed by atoms with E-state index in [1.807, 2.05) is 29.2 Å². The van der Waals surface area contributed by atoms with E-state index in [-0.39, 0.29) is 5.92 Å². The van der Waals surface area contributed by atoms with Crippen molar-refractivity contribution in [2.24, 2.45) is 5.92 Å². The molecule has 1 aromatic heterocycles. The van der Waals surface area contributed by atoms with Gasteiger partial charge in [-0.05, 0) is 38.6 Å². The van der Waals surface area contributed by atoms with E-state index in [2.05, 4.69) is 27.0 Å². The van der Waals surface area contributed by atoms with Gasteiger partial charge in [0.1, 0.15) is 0 Å². The average Bonchev–Trinajstić information content (AvgIpc) is 3.17. The summed E-state index contributed by atoms with van der Waals surface area (Å²) in [4.78, 5) is 23.9. The second-order valence-corrected chi connectivity index (χ2v) is 8.10. The maximum Gasteiger partial charge on any atom is 0.241 e. The fourth-order valence-corrected chi connectivity index (χ4v) is 4.17. The minimum Gasteiger partial charge on any atom is -0.340 e. The Morgan fingerprint density at radius 2 is 2.00 bits per heavy atom. The van der Waals surface area contributed by atoms with Gasteiger partial charge in [0.15, 0.2) is 0 Å². The molecule has 3 heterocycles. The Morgan fingerprint density at radius 3 is 2.79 bits per heavy atom. The maximum absolute atomic E-state index is 12.9. The van der Waals surface area contributed by atoms with Gasteiger partial charge < -0.3 is 14.3 Å². The lowest BCUT2D eigenvalue weighted by atomic mass is 9.96. The van der Waals surface area contributed by atoms with Crippen LogP contribution in [0.3, 0.4) is 0 Å². The third-order valence-corrected chi connectivity index (χ3v) is 5.94. The molecule has 2 aliphatic heterocycles. The van der Waals surface area contributed by atoms with Gasteiger partial charge in [0.25, 0.3) is 0 Å². The molecule has 150 valence electrons. The molecule has 1 aromatic carbocycles. The molecule has 2 saturated heterocycles. The Balaban J connectivity index is 1.37. The number of carbonyl (C=O) groups excluding carboxylic acids is 1. The number of carbonyl (C=O) groups is 1. The number of hydrogen-bond donors (Lipinski definition) is 0. The fourth-order valence-electron chi connectivity index (χ4n) is 3.95. The van der Waals surface area contributed by atoms with Gasteiger partial charge >= 0.3 is 0 Å². The first kappa shape index (κ1) is 19.4. The van der Waals surface area contributed by atoms with E-state index in [0.717, 1.165) is 57.7 Å². The maximum atomic E-state index is 12.9. The number of aromatic nitrogens is 2. The second kappa shape index (κ2) is 8.59. The van der Waals surface area contributed by atoms with Crippen LogP contribution in [0.25, 0.3) is 11.4 Å². The lowest BCUT2D eigenvalue weighted by molar-refractivity contribution is -0.139. The van der Waals surface area contributed by atoms with E-state index in [1.54, 1.807) is 0 Å². The first-order valence-corrected chi connectivity index (χ1v) is 10.2. The zero-order valence-corrected chi connectivity index (χ0v) is 16.9. The molecular formula is C20H26ClN5O2. The summed E-state index contributed by atoms with van der Waals surface area (Å²) in [6.07, 6.45) is 1.96. The fraction of sp³-hybridized carbons (Fsp3) is 0.550. The van der Waals surface area contributed by atoms with E-state index in [4.69, 9.17) is 16.1 Å². The SMILES string of the molecule is CN1CCN(C(=O)C2CCCN(Cc3nc(-c4ccccc4Cl)no3)C2)CC1. The van der Waals surface area contributed by atoms with Crippen LogP contribution in [-0.4, -0.2) is 77.1 Å². The number of hydrogen-bond acceptors (Lipinski definition) is 6. The van der Waals surface area contributed by atoms with Crippen molar-refractivity contribution in [3.05, 3.63) is 35.2 Å². The standard InChI is InChI=1S/C20H26ClN5O2/c1-24-9-11-26(12-10-24)20(27)15-5-4-8-25(13-15)14-18-22-19(23-28-18)16-6-2-3-7-17(16)21/h2-3,6-7,15H,4-5,8-14H2,1H3. The van der Waals surface area contributed by atoms with Crippen LogP contribution in [-0.2, 0) is 11.3 Å². The Kier molecular flexibility index (Phi) is 5.94. The monoisotopic (exact) mass is 403 g/mol. The van der Waals surface area contributed by atoms with E-state index >= 15 is 0 Å². The number of halogens is 1. The quantitative estimate of drug-likeness (QED) is 0.780. The topological polar surface area (TPSA) is 65.7 Å². The van der Waals surface area contributed by atoms with E-state index < -0.39 is 0 Å². The van der Waals surface area contributed by atoms with Gasteiger partial charge in [-0.15, -0.1) is 0 Å². The van der Waals surface area contributed by atoms with Crippen LogP contribution in [0.5, 0.6) is 0 Å². The van der Waals surface area contributed by atoms with Crippen LogP contribution in [0, 0.1) is 5.92 Å². The van der Waals surface area contributed by atoms with Crippen LogP contribution in [0.4, 0.5) is 0 Å². The molecule has 2 aliphatic rings. The number of benzene rings is 1. The molecule has 2 aromatic rings. The highest BCUT2D eigenvalue weighted by atomic mass is 35.5. The molecule has 1 atom stereocenters. The third-order valence-electron chi connectivity index (χ3n) is 5.61. The molecule has 0 bridgehead atoms. The van der Waals surface area contributed by atoms with Crippen LogP contribution < -0.4 is 0 Å².